The number of carbonyl (C=O) groups is 1. The number of aromatic nitrogens is 1. The molecule has 4 nitrogen and oxygen atoms in total. The second kappa shape index (κ2) is 8.11. The second-order valence-electron chi connectivity index (χ2n) is 7.16. The van der Waals surface area contributed by atoms with Gasteiger partial charge in [-0.15, -0.1) is 11.3 Å². The quantitative estimate of drug-likeness (QED) is 0.590. The van der Waals surface area contributed by atoms with Crippen molar-refractivity contribution in [2.75, 3.05) is 11.9 Å². The number of hydrogen-bond donors (Lipinski definition) is 1. The lowest BCUT2D eigenvalue weighted by molar-refractivity contribution is -0.118. The number of benzene rings is 2. The van der Waals surface area contributed by atoms with Gasteiger partial charge in [-0.1, -0.05) is 56.6 Å². The fraction of sp³-hybridized carbons (Fsp3) is 0.238. The monoisotopic (exact) mass is 400 g/mol. The van der Waals surface area contributed by atoms with Gasteiger partial charge in [0.25, 0.3) is 5.91 Å². The summed E-state index contributed by atoms with van der Waals surface area (Å²) in [5, 5.41) is 5.87. The number of amides is 1. The number of anilines is 1. The van der Waals surface area contributed by atoms with E-state index in [0.717, 1.165) is 11.3 Å². The van der Waals surface area contributed by atoms with Gasteiger partial charge in [-0.3, -0.25) is 10.1 Å². The lowest BCUT2D eigenvalue weighted by Crippen LogP contribution is -2.20. The summed E-state index contributed by atoms with van der Waals surface area (Å²) in [4.78, 5) is 16.6. The third-order valence-corrected chi connectivity index (χ3v) is 4.99. The molecule has 1 amide bonds. The minimum atomic E-state index is -0.256. The number of rotatable bonds is 5. The van der Waals surface area contributed by atoms with Crippen LogP contribution in [0.2, 0.25) is 5.02 Å². The summed E-state index contributed by atoms with van der Waals surface area (Å²) in [6.45, 7) is 6.47. The molecule has 3 rings (SSSR count). The minimum absolute atomic E-state index is 0.0865. The van der Waals surface area contributed by atoms with Crippen molar-refractivity contribution < 1.29 is 9.53 Å². The van der Waals surface area contributed by atoms with Crippen molar-refractivity contribution in [2.24, 2.45) is 0 Å². The van der Waals surface area contributed by atoms with Gasteiger partial charge in [-0.25, -0.2) is 4.98 Å². The molecule has 0 unspecified atom stereocenters. The van der Waals surface area contributed by atoms with E-state index in [0.29, 0.717) is 15.9 Å². The lowest BCUT2D eigenvalue weighted by atomic mass is 9.86. The maximum absolute atomic E-state index is 12.1. The Bertz CT molecular complexity index is 913. The van der Waals surface area contributed by atoms with Gasteiger partial charge < -0.3 is 4.74 Å². The van der Waals surface area contributed by atoms with E-state index >= 15 is 0 Å². The number of thiazole rings is 1. The molecule has 1 N–H and O–H groups in total. The van der Waals surface area contributed by atoms with Crippen molar-refractivity contribution in [3.63, 3.8) is 0 Å². The topological polar surface area (TPSA) is 51.2 Å². The van der Waals surface area contributed by atoms with Gasteiger partial charge in [-0.2, -0.15) is 0 Å². The third-order valence-electron chi connectivity index (χ3n) is 3.98. The maximum Gasteiger partial charge on any atom is 0.264 e. The van der Waals surface area contributed by atoms with Crippen molar-refractivity contribution in [3.05, 3.63) is 64.5 Å². The van der Waals surface area contributed by atoms with Crippen LogP contribution in [0.15, 0.2) is 53.9 Å². The van der Waals surface area contributed by atoms with Gasteiger partial charge in [0.2, 0.25) is 0 Å². The van der Waals surface area contributed by atoms with Gasteiger partial charge in [-0.05, 0) is 35.2 Å². The Morgan fingerprint density at radius 3 is 2.41 bits per heavy atom. The van der Waals surface area contributed by atoms with Crippen LogP contribution in [0.1, 0.15) is 26.3 Å². The van der Waals surface area contributed by atoms with E-state index < -0.39 is 0 Å². The van der Waals surface area contributed by atoms with Gasteiger partial charge in [0, 0.05) is 16.0 Å². The summed E-state index contributed by atoms with van der Waals surface area (Å²) < 4.78 is 5.44. The van der Waals surface area contributed by atoms with Crippen LogP contribution in [-0.2, 0) is 10.2 Å². The van der Waals surface area contributed by atoms with Gasteiger partial charge >= 0.3 is 0 Å². The largest absolute Gasteiger partial charge is 0.484 e. The summed E-state index contributed by atoms with van der Waals surface area (Å²) in [6, 6.07) is 15.2. The summed E-state index contributed by atoms with van der Waals surface area (Å²) in [6.07, 6.45) is 0. The summed E-state index contributed by atoms with van der Waals surface area (Å²) >= 11 is 7.21. The van der Waals surface area contributed by atoms with Crippen LogP contribution in [0.25, 0.3) is 11.3 Å². The molecule has 0 bridgehead atoms. The predicted molar refractivity (Wildman–Crippen MR) is 112 cm³/mol. The zero-order valence-corrected chi connectivity index (χ0v) is 17.0. The molecule has 0 aliphatic rings. The SMILES string of the molecule is CC(C)(C)c1ccc(-c2csc(NC(=O)COc3ccc(Cl)cc3)n2)cc1. The lowest BCUT2D eigenvalue weighted by Gasteiger charge is -2.18. The van der Waals surface area contributed by atoms with Crippen LogP contribution < -0.4 is 10.1 Å². The number of ether oxygens (including phenoxy) is 1. The van der Waals surface area contributed by atoms with Crippen LogP contribution in [0.5, 0.6) is 5.75 Å². The molecule has 0 fully saturated rings. The third kappa shape index (κ3) is 5.31. The first-order valence-corrected chi connectivity index (χ1v) is 9.82. The molecule has 0 radical (unpaired) electrons. The molecule has 0 saturated heterocycles. The Morgan fingerprint density at radius 2 is 1.78 bits per heavy atom. The Labute approximate surface area is 168 Å². The van der Waals surface area contributed by atoms with Gasteiger partial charge in [0.15, 0.2) is 11.7 Å². The molecule has 3 aromatic rings. The molecular formula is C21H21ClN2O2S. The van der Waals surface area contributed by atoms with Crippen LogP contribution in [0, 0.1) is 0 Å². The van der Waals surface area contributed by atoms with Crippen molar-refractivity contribution >= 4 is 34.0 Å². The Morgan fingerprint density at radius 1 is 1.11 bits per heavy atom. The molecule has 1 aromatic heterocycles. The molecule has 0 saturated carbocycles. The first-order valence-electron chi connectivity index (χ1n) is 8.56. The van der Waals surface area contributed by atoms with Crippen molar-refractivity contribution in [1.82, 2.24) is 4.98 Å². The van der Waals surface area contributed by atoms with Crippen molar-refractivity contribution in [1.29, 1.82) is 0 Å². The molecule has 0 atom stereocenters. The number of hydrogen-bond acceptors (Lipinski definition) is 4. The van der Waals surface area contributed by atoms with Crippen LogP contribution >= 0.6 is 22.9 Å². The fourth-order valence-corrected chi connectivity index (χ4v) is 3.30. The molecule has 27 heavy (non-hydrogen) atoms. The highest BCUT2D eigenvalue weighted by atomic mass is 35.5. The Balaban J connectivity index is 1.58. The number of nitrogens with one attached hydrogen (secondary N) is 1. The Kier molecular flexibility index (Phi) is 5.82. The normalized spacial score (nSPS) is 11.3. The fourth-order valence-electron chi connectivity index (χ4n) is 2.44. The summed E-state index contributed by atoms with van der Waals surface area (Å²) in [5.74, 6) is 0.335. The maximum atomic E-state index is 12.1. The molecule has 6 heteroatoms. The summed E-state index contributed by atoms with van der Waals surface area (Å²) in [5.41, 5.74) is 3.25. The molecule has 0 spiro atoms. The van der Waals surface area contributed by atoms with Gasteiger partial charge in [0.1, 0.15) is 5.75 Å². The average Bonchev–Trinajstić information content (AvgIpc) is 3.09. The predicted octanol–water partition coefficient (Wildman–Crippen LogP) is 5.78. The standard InChI is InChI=1S/C21H21ClN2O2S/c1-21(2,3)15-6-4-14(5-7-15)18-13-27-20(23-18)24-19(25)12-26-17-10-8-16(22)9-11-17/h4-11,13H,12H2,1-3H3,(H,23,24,25). The van der Waals surface area contributed by atoms with Crippen LogP contribution in [0.3, 0.4) is 0 Å². The minimum Gasteiger partial charge on any atom is -0.484 e. The Hall–Kier alpha value is -2.37. The molecule has 0 aliphatic heterocycles. The number of nitrogens with zero attached hydrogens (tertiary/aromatic N) is 1. The van der Waals surface area contributed by atoms with E-state index in [-0.39, 0.29) is 17.9 Å². The highest BCUT2D eigenvalue weighted by molar-refractivity contribution is 7.14. The molecule has 140 valence electrons. The van der Waals surface area contributed by atoms with Crippen LogP contribution in [-0.4, -0.2) is 17.5 Å². The molecular weight excluding hydrogens is 380 g/mol. The smallest absolute Gasteiger partial charge is 0.264 e. The van der Waals surface area contributed by atoms with Crippen molar-refractivity contribution in [3.8, 4) is 17.0 Å². The van der Waals surface area contributed by atoms with E-state index in [9.17, 15) is 4.79 Å². The van der Waals surface area contributed by atoms with Crippen LogP contribution in [0.4, 0.5) is 5.13 Å². The molecule has 2 aromatic carbocycles. The first-order chi connectivity index (χ1) is 12.8. The summed E-state index contributed by atoms with van der Waals surface area (Å²) in [7, 11) is 0. The van der Waals surface area contributed by atoms with Crippen molar-refractivity contribution in [2.45, 2.75) is 26.2 Å². The zero-order chi connectivity index (χ0) is 19.4. The van der Waals surface area contributed by atoms with E-state index in [1.807, 2.05) is 5.38 Å². The van der Waals surface area contributed by atoms with E-state index in [2.05, 4.69) is 55.3 Å². The number of carbonyl (C=O) groups excluding carboxylic acids is 1. The second-order valence-corrected chi connectivity index (χ2v) is 8.45. The highest BCUT2D eigenvalue weighted by Gasteiger charge is 2.14. The van der Waals surface area contributed by atoms with E-state index in [1.165, 1.54) is 16.9 Å². The highest BCUT2D eigenvalue weighted by Crippen LogP contribution is 2.28. The zero-order valence-electron chi connectivity index (χ0n) is 15.5. The average molecular weight is 401 g/mol. The van der Waals surface area contributed by atoms with E-state index in [4.69, 9.17) is 16.3 Å². The number of halogens is 1. The first kappa shape index (κ1) is 19.4. The molecule has 1 heterocycles. The van der Waals surface area contributed by atoms with Gasteiger partial charge in [0.05, 0.1) is 5.69 Å². The molecule has 0 aliphatic carbocycles. The van der Waals surface area contributed by atoms with E-state index in [1.54, 1.807) is 24.3 Å².